The first kappa shape index (κ1) is 18.9. The van der Waals surface area contributed by atoms with Crippen LogP contribution in [0.15, 0.2) is 48.5 Å². The van der Waals surface area contributed by atoms with Crippen molar-refractivity contribution in [2.75, 3.05) is 10.6 Å². The van der Waals surface area contributed by atoms with Gasteiger partial charge in [-0.2, -0.15) is 0 Å². The number of benzene rings is 2. The minimum Gasteiger partial charge on any atom is -0.350 e. The van der Waals surface area contributed by atoms with Crippen molar-refractivity contribution in [1.82, 2.24) is 9.97 Å². The fourth-order valence-electron chi connectivity index (χ4n) is 2.59. The van der Waals surface area contributed by atoms with Crippen molar-refractivity contribution >= 4 is 29.1 Å². The van der Waals surface area contributed by atoms with E-state index >= 15 is 0 Å². The van der Waals surface area contributed by atoms with Gasteiger partial charge in [-0.1, -0.05) is 35.9 Å². The molecule has 0 unspecified atom stereocenters. The van der Waals surface area contributed by atoms with Gasteiger partial charge in [0.25, 0.3) is 5.91 Å². The molecule has 0 spiro atoms. The number of hydrogen-bond acceptors (Lipinski definition) is 4. The highest BCUT2D eigenvalue weighted by molar-refractivity contribution is 6.31. The molecule has 1 amide bonds. The second-order valence-electron chi connectivity index (χ2n) is 6.42. The average molecular weight is 381 g/mol. The second-order valence-corrected chi connectivity index (χ2v) is 6.82. The molecule has 0 aliphatic carbocycles. The van der Waals surface area contributed by atoms with Gasteiger partial charge in [0.15, 0.2) is 0 Å². The van der Waals surface area contributed by atoms with Crippen LogP contribution >= 0.6 is 11.6 Å². The van der Waals surface area contributed by atoms with E-state index in [0.29, 0.717) is 28.9 Å². The molecule has 1 aromatic heterocycles. The maximum absolute atomic E-state index is 12.6. The van der Waals surface area contributed by atoms with Crippen LogP contribution in [0.3, 0.4) is 0 Å². The molecule has 0 saturated carbocycles. The van der Waals surface area contributed by atoms with Gasteiger partial charge >= 0.3 is 0 Å². The molecule has 2 aromatic carbocycles. The number of amides is 1. The Labute approximate surface area is 163 Å². The summed E-state index contributed by atoms with van der Waals surface area (Å²) in [6.45, 7) is 6.35. The lowest BCUT2D eigenvalue weighted by molar-refractivity contribution is 0.102. The van der Waals surface area contributed by atoms with Crippen molar-refractivity contribution in [3.63, 3.8) is 0 Å². The summed E-state index contributed by atoms with van der Waals surface area (Å²) in [4.78, 5) is 21.3. The minimum atomic E-state index is -0.274. The Morgan fingerprint density at radius 1 is 1.00 bits per heavy atom. The van der Waals surface area contributed by atoms with Gasteiger partial charge in [0.1, 0.15) is 5.69 Å². The molecule has 27 heavy (non-hydrogen) atoms. The predicted molar refractivity (Wildman–Crippen MR) is 109 cm³/mol. The molecular weight excluding hydrogens is 360 g/mol. The van der Waals surface area contributed by atoms with Crippen molar-refractivity contribution in [3.8, 4) is 0 Å². The van der Waals surface area contributed by atoms with E-state index in [1.54, 1.807) is 6.07 Å². The first-order valence-electron chi connectivity index (χ1n) is 8.64. The summed E-state index contributed by atoms with van der Waals surface area (Å²) in [6.07, 6.45) is 0. The van der Waals surface area contributed by atoms with Crippen LogP contribution in [-0.4, -0.2) is 15.9 Å². The number of nitrogens with zero attached hydrogens (tertiary/aromatic N) is 2. The predicted octanol–water partition coefficient (Wildman–Crippen LogP) is 4.92. The van der Waals surface area contributed by atoms with Crippen molar-refractivity contribution in [3.05, 3.63) is 81.6 Å². The van der Waals surface area contributed by atoms with Crippen molar-refractivity contribution in [1.29, 1.82) is 0 Å². The molecule has 2 N–H and O–H groups in total. The third-order valence-corrected chi connectivity index (χ3v) is 4.62. The molecule has 0 radical (unpaired) electrons. The van der Waals surface area contributed by atoms with E-state index in [-0.39, 0.29) is 5.91 Å². The van der Waals surface area contributed by atoms with E-state index in [2.05, 4.69) is 20.6 Å². The molecule has 0 fully saturated rings. The summed E-state index contributed by atoms with van der Waals surface area (Å²) in [6, 6.07) is 15.0. The summed E-state index contributed by atoms with van der Waals surface area (Å²) >= 11 is 6.17. The average Bonchev–Trinajstić information content (AvgIpc) is 2.63. The van der Waals surface area contributed by atoms with Crippen molar-refractivity contribution in [2.24, 2.45) is 0 Å². The number of hydrogen-bond donors (Lipinski definition) is 2. The first-order chi connectivity index (χ1) is 12.9. The molecule has 5 nitrogen and oxygen atoms in total. The molecule has 0 bridgehead atoms. The van der Waals surface area contributed by atoms with Crippen LogP contribution in [0.2, 0.25) is 5.02 Å². The molecular formula is C21H21ClN4O. The van der Waals surface area contributed by atoms with Crippen LogP contribution in [0.5, 0.6) is 0 Å². The molecule has 0 aliphatic rings. The Balaban J connectivity index is 1.75. The Morgan fingerprint density at radius 2 is 1.78 bits per heavy atom. The molecule has 1 heterocycles. The van der Waals surface area contributed by atoms with Gasteiger partial charge in [-0.05, 0) is 61.7 Å². The van der Waals surface area contributed by atoms with E-state index in [0.717, 1.165) is 16.8 Å². The fourth-order valence-corrected chi connectivity index (χ4v) is 2.80. The molecule has 138 valence electrons. The minimum absolute atomic E-state index is 0.274. The highest BCUT2D eigenvalue weighted by Crippen LogP contribution is 2.17. The third kappa shape index (κ3) is 4.83. The zero-order chi connectivity index (χ0) is 19.4. The van der Waals surface area contributed by atoms with E-state index < -0.39 is 0 Å². The monoisotopic (exact) mass is 380 g/mol. The summed E-state index contributed by atoms with van der Waals surface area (Å²) in [5, 5.41) is 6.69. The van der Waals surface area contributed by atoms with Gasteiger partial charge in [-0.15, -0.1) is 0 Å². The lowest BCUT2D eigenvalue weighted by Crippen LogP contribution is -2.16. The number of aromatic nitrogens is 2. The van der Waals surface area contributed by atoms with Crippen molar-refractivity contribution in [2.45, 2.75) is 27.3 Å². The summed E-state index contributed by atoms with van der Waals surface area (Å²) in [7, 11) is 0. The van der Waals surface area contributed by atoms with Crippen LogP contribution in [0.4, 0.5) is 11.6 Å². The molecule has 0 atom stereocenters. The molecule has 3 aromatic rings. The molecule has 3 rings (SSSR count). The van der Waals surface area contributed by atoms with Crippen LogP contribution in [-0.2, 0) is 6.54 Å². The summed E-state index contributed by atoms with van der Waals surface area (Å²) in [5.74, 6) is 0.115. The first-order valence-corrected chi connectivity index (χ1v) is 9.02. The fraction of sp³-hybridized carbons (Fsp3) is 0.190. The Hall–Kier alpha value is -2.92. The molecule has 0 aliphatic heterocycles. The molecule has 6 heteroatoms. The third-order valence-electron chi connectivity index (χ3n) is 4.25. The number of carbonyl (C=O) groups is 1. The van der Waals surface area contributed by atoms with Crippen LogP contribution < -0.4 is 10.6 Å². The number of aryl methyl sites for hydroxylation is 3. The van der Waals surface area contributed by atoms with Gasteiger partial charge in [0, 0.05) is 22.9 Å². The SMILES string of the molecule is Cc1cc(C(=O)Nc2ccc(C)c(C)c2)nc(NCc2ccccc2Cl)n1. The lowest BCUT2D eigenvalue weighted by atomic mass is 10.1. The van der Waals surface area contributed by atoms with E-state index in [1.165, 1.54) is 5.56 Å². The Morgan fingerprint density at radius 3 is 2.52 bits per heavy atom. The normalized spacial score (nSPS) is 10.5. The van der Waals surface area contributed by atoms with E-state index in [9.17, 15) is 4.79 Å². The quantitative estimate of drug-likeness (QED) is 0.659. The maximum atomic E-state index is 12.6. The topological polar surface area (TPSA) is 66.9 Å². The van der Waals surface area contributed by atoms with Crippen LogP contribution in [0, 0.1) is 20.8 Å². The number of rotatable bonds is 5. The summed E-state index contributed by atoms with van der Waals surface area (Å²) < 4.78 is 0. The Kier molecular flexibility index (Phi) is 5.72. The molecule has 0 saturated heterocycles. The highest BCUT2D eigenvalue weighted by atomic mass is 35.5. The highest BCUT2D eigenvalue weighted by Gasteiger charge is 2.12. The van der Waals surface area contributed by atoms with Gasteiger partial charge in [0.2, 0.25) is 5.95 Å². The van der Waals surface area contributed by atoms with Gasteiger partial charge in [-0.3, -0.25) is 4.79 Å². The number of nitrogens with one attached hydrogen (secondary N) is 2. The lowest BCUT2D eigenvalue weighted by Gasteiger charge is -2.10. The van der Waals surface area contributed by atoms with Gasteiger partial charge in [0.05, 0.1) is 0 Å². The second kappa shape index (κ2) is 8.18. The summed E-state index contributed by atoms with van der Waals surface area (Å²) in [5.41, 5.74) is 4.99. The van der Waals surface area contributed by atoms with E-state index in [1.807, 2.05) is 63.2 Å². The van der Waals surface area contributed by atoms with Gasteiger partial charge < -0.3 is 10.6 Å². The number of anilines is 2. The number of carbonyl (C=O) groups excluding carboxylic acids is 1. The smallest absolute Gasteiger partial charge is 0.274 e. The zero-order valence-corrected chi connectivity index (χ0v) is 16.3. The Bertz CT molecular complexity index is 988. The van der Waals surface area contributed by atoms with E-state index in [4.69, 9.17) is 11.6 Å². The standard InChI is InChI=1S/C21H21ClN4O/c1-13-8-9-17(10-14(13)2)25-20(27)19-11-15(3)24-21(26-19)23-12-16-6-4-5-7-18(16)22/h4-11H,12H2,1-3H3,(H,25,27)(H,23,24,26). The van der Waals surface area contributed by atoms with Gasteiger partial charge in [-0.25, -0.2) is 9.97 Å². The number of halogens is 1. The maximum Gasteiger partial charge on any atom is 0.274 e. The largest absolute Gasteiger partial charge is 0.350 e. The van der Waals surface area contributed by atoms with Crippen LogP contribution in [0.25, 0.3) is 0 Å². The van der Waals surface area contributed by atoms with Crippen molar-refractivity contribution < 1.29 is 4.79 Å². The van der Waals surface area contributed by atoms with Crippen LogP contribution in [0.1, 0.15) is 32.9 Å². The zero-order valence-electron chi connectivity index (χ0n) is 15.5.